The second kappa shape index (κ2) is 8.57. The lowest BCUT2D eigenvalue weighted by molar-refractivity contribution is -0.147. The van der Waals surface area contributed by atoms with Crippen molar-refractivity contribution in [3.05, 3.63) is 89.1 Å². The third-order valence-electron chi connectivity index (χ3n) is 7.90. The van der Waals surface area contributed by atoms with Crippen molar-refractivity contribution in [1.82, 2.24) is 9.80 Å². The molecule has 2 aliphatic heterocycles. The van der Waals surface area contributed by atoms with E-state index in [4.69, 9.17) is 0 Å². The molecule has 0 N–H and O–H groups in total. The van der Waals surface area contributed by atoms with Crippen molar-refractivity contribution in [2.75, 3.05) is 13.1 Å². The Labute approximate surface area is 203 Å². The number of amides is 3. The highest BCUT2D eigenvalue weighted by Crippen LogP contribution is 2.60. The van der Waals surface area contributed by atoms with E-state index in [0.29, 0.717) is 19.0 Å². The summed E-state index contributed by atoms with van der Waals surface area (Å²) in [5, 5.41) is 0. The molecule has 1 saturated heterocycles. The fourth-order valence-electron chi connectivity index (χ4n) is 6.26. The molecule has 0 aromatic heterocycles. The molecule has 1 fully saturated rings. The highest BCUT2D eigenvalue weighted by molar-refractivity contribution is 6.04. The molecule has 0 unspecified atom stereocenters. The summed E-state index contributed by atoms with van der Waals surface area (Å²) in [4.78, 5) is 31.3. The lowest BCUT2D eigenvalue weighted by Gasteiger charge is -2.53. The molecular formula is C30H34N2O2. The van der Waals surface area contributed by atoms with Gasteiger partial charge in [-0.1, -0.05) is 93.6 Å². The molecule has 0 radical (unpaired) electrons. The van der Waals surface area contributed by atoms with Crippen molar-refractivity contribution >= 4 is 18.0 Å². The number of imide groups is 1. The van der Waals surface area contributed by atoms with Crippen LogP contribution in [0.4, 0.5) is 4.79 Å². The van der Waals surface area contributed by atoms with Gasteiger partial charge < -0.3 is 0 Å². The van der Waals surface area contributed by atoms with Gasteiger partial charge in [-0.25, -0.2) is 4.79 Å². The second-order valence-electron chi connectivity index (χ2n) is 11.0. The molecule has 3 aliphatic rings. The Hall–Kier alpha value is -3.14. The number of benzene rings is 2. The van der Waals surface area contributed by atoms with E-state index in [0.717, 1.165) is 36.9 Å². The lowest BCUT2D eigenvalue weighted by Crippen LogP contribution is -2.64. The van der Waals surface area contributed by atoms with Gasteiger partial charge in [0.2, 0.25) is 5.91 Å². The van der Waals surface area contributed by atoms with E-state index in [-0.39, 0.29) is 17.4 Å². The number of allylic oxidation sites excluding steroid dienone is 1. The van der Waals surface area contributed by atoms with E-state index < -0.39 is 5.41 Å². The smallest absolute Gasteiger partial charge is 0.296 e. The van der Waals surface area contributed by atoms with Crippen LogP contribution in [-0.4, -0.2) is 34.8 Å². The maximum Gasteiger partial charge on any atom is 0.331 e. The third-order valence-corrected chi connectivity index (χ3v) is 7.90. The largest absolute Gasteiger partial charge is 0.331 e. The van der Waals surface area contributed by atoms with E-state index in [1.165, 1.54) is 16.0 Å². The molecule has 176 valence electrons. The summed E-state index contributed by atoms with van der Waals surface area (Å²) >= 11 is 0. The lowest BCUT2D eigenvalue weighted by atomic mass is 9.62. The summed E-state index contributed by atoms with van der Waals surface area (Å²) in [5.74, 6) is 0.348. The number of hydrogen-bond donors (Lipinski definition) is 0. The van der Waals surface area contributed by atoms with Crippen molar-refractivity contribution in [2.45, 2.75) is 46.5 Å². The number of hydrogen-bond acceptors (Lipinski definition) is 2. The first-order valence-electron chi connectivity index (χ1n) is 12.4. The summed E-state index contributed by atoms with van der Waals surface area (Å²) in [6.07, 6.45) is 7.56. The van der Waals surface area contributed by atoms with Crippen LogP contribution < -0.4 is 0 Å². The summed E-state index contributed by atoms with van der Waals surface area (Å²) in [7, 11) is 0. The number of urea groups is 1. The zero-order valence-electron chi connectivity index (χ0n) is 20.5. The molecule has 4 heteroatoms. The molecule has 2 aromatic rings. The van der Waals surface area contributed by atoms with Crippen LogP contribution >= 0.6 is 0 Å². The Morgan fingerprint density at radius 2 is 1.68 bits per heavy atom. The fourth-order valence-corrected chi connectivity index (χ4v) is 6.26. The van der Waals surface area contributed by atoms with Crippen molar-refractivity contribution in [3.63, 3.8) is 0 Å². The SMILES string of the molecule is CC(C)(C)[C@]12CCC3=C1N(C[C@@H](Cc1ccccc1)C3)C(=O)N(C/C=C/c1ccccc1)C2=O. The van der Waals surface area contributed by atoms with Crippen LogP contribution in [0.1, 0.15) is 51.2 Å². The van der Waals surface area contributed by atoms with Gasteiger partial charge in [-0.05, 0) is 53.7 Å². The average molecular weight is 455 g/mol. The quantitative estimate of drug-likeness (QED) is 0.531. The topological polar surface area (TPSA) is 40.6 Å². The van der Waals surface area contributed by atoms with E-state index in [1.54, 1.807) is 0 Å². The van der Waals surface area contributed by atoms with Gasteiger partial charge in [0.25, 0.3) is 0 Å². The molecule has 3 amide bonds. The van der Waals surface area contributed by atoms with Crippen LogP contribution in [0.2, 0.25) is 0 Å². The summed E-state index contributed by atoms with van der Waals surface area (Å²) in [5.41, 5.74) is 3.82. The Kier molecular flexibility index (Phi) is 5.71. The molecule has 0 spiro atoms. The van der Waals surface area contributed by atoms with Crippen molar-refractivity contribution in [1.29, 1.82) is 0 Å². The van der Waals surface area contributed by atoms with Crippen molar-refractivity contribution in [3.8, 4) is 0 Å². The highest BCUT2D eigenvalue weighted by Gasteiger charge is 2.63. The zero-order chi connectivity index (χ0) is 23.9. The fraction of sp³-hybridized carbons (Fsp3) is 0.400. The minimum Gasteiger partial charge on any atom is -0.296 e. The Bertz CT molecular complexity index is 1140. The van der Waals surface area contributed by atoms with Crippen LogP contribution in [0.25, 0.3) is 6.08 Å². The molecule has 5 rings (SSSR count). The molecule has 4 nitrogen and oxygen atoms in total. The van der Waals surface area contributed by atoms with Crippen LogP contribution in [0, 0.1) is 16.7 Å². The van der Waals surface area contributed by atoms with E-state index in [1.807, 2.05) is 53.5 Å². The summed E-state index contributed by atoms with van der Waals surface area (Å²) in [6, 6.07) is 20.4. The van der Waals surface area contributed by atoms with Crippen LogP contribution in [-0.2, 0) is 11.2 Å². The van der Waals surface area contributed by atoms with Gasteiger partial charge in [0.1, 0.15) is 0 Å². The number of carbonyl (C=O) groups excluding carboxylic acids is 2. The molecule has 2 atom stereocenters. The van der Waals surface area contributed by atoms with Gasteiger partial charge in [-0.15, -0.1) is 0 Å². The molecule has 0 saturated carbocycles. The third kappa shape index (κ3) is 3.70. The second-order valence-corrected chi connectivity index (χ2v) is 11.0. The van der Waals surface area contributed by atoms with Gasteiger partial charge in [-0.3, -0.25) is 14.6 Å². The Balaban J connectivity index is 1.48. The molecule has 0 bridgehead atoms. The Morgan fingerprint density at radius 1 is 1.00 bits per heavy atom. The van der Waals surface area contributed by atoms with Gasteiger partial charge in [0, 0.05) is 18.8 Å². The van der Waals surface area contributed by atoms with Crippen LogP contribution in [0.5, 0.6) is 0 Å². The predicted molar refractivity (Wildman–Crippen MR) is 136 cm³/mol. The summed E-state index contributed by atoms with van der Waals surface area (Å²) < 4.78 is 0. The van der Waals surface area contributed by atoms with Gasteiger partial charge in [0.05, 0.1) is 5.41 Å². The van der Waals surface area contributed by atoms with Crippen LogP contribution in [0.15, 0.2) is 78.0 Å². The van der Waals surface area contributed by atoms with E-state index >= 15 is 0 Å². The highest BCUT2D eigenvalue weighted by atomic mass is 16.2. The summed E-state index contributed by atoms with van der Waals surface area (Å²) in [6.45, 7) is 7.44. The number of nitrogens with zero attached hydrogens (tertiary/aromatic N) is 2. The Morgan fingerprint density at radius 3 is 2.35 bits per heavy atom. The maximum absolute atomic E-state index is 14.0. The number of rotatable bonds is 5. The van der Waals surface area contributed by atoms with Crippen molar-refractivity contribution in [2.24, 2.45) is 16.7 Å². The van der Waals surface area contributed by atoms with Crippen molar-refractivity contribution < 1.29 is 9.59 Å². The first kappa shape index (κ1) is 22.6. The molecule has 1 aliphatic carbocycles. The average Bonchev–Trinajstić information content (AvgIpc) is 3.22. The molecule has 2 aromatic carbocycles. The van der Waals surface area contributed by atoms with Gasteiger partial charge in [0.15, 0.2) is 0 Å². The van der Waals surface area contributed by atoms with E-state index in [9.17, 15) is 9.59 Å². The monoisotopic (exact) mass is 454 g/mol. The molecule has 2 heterocycles. The van der Waals surface area contributed by atoms with Gasteiger partial charge >= 0.3 is 6.03 Å². The predicted octanol–water partition coefficient (Wildman–Crippen LogP) is 6.31. The first-order chi connectivity index (χ1) is 16.3. The van der Waals surface area contributed by atoms with Gasteiger partial charge in [-0.2, -0.15) is 0 Å². The zero-order valence-corrected chi connectivity index (χ0v) is 20.5. The van der Waals surface area contributed by atoms with E-state index in [2.05, 4.69) is 45.0 Å². The van der Waals surface area contributed by atoms with Crippen LogP contribution in [0.3, 0.4) is 0 Å². The minimum absolute atomic E-state index is 0.0227. The normalized spacial score (nSPS) is 24.9. The standard InChI is InChI=1S/C30H34N2O2/c1-29(2,3)30-17-16-25-20-24(19-23-13-8-5-9-14-23)21-32(26(25)30)28(34)31(27(30)33)18-10-15-22-11-6-4-7-12-22/h4-15,24H,16-21H2,1-3H3/b15-10+/t24-,30+/m0/s1. The number of carbonyl (C=O) groups is 2. The minimum atomic E-state index is -0.630. The molecular weight excluding hydrogens is 420 g/mol. The molecule has 34 heavy (non-hydrogen) atoms. The first-order valence-corrected chi connectivity index (χ1v) is 12.4. The maximum atomic E-state index is 14.0.